The van der Waals surface area contributed by atoms with E-state index in [0.717, 1.165) is 56.6 Å². The van der Waals surface area contributed by atoms with Gasteiger partial charge in [0, 0.05) is 32.4 Å². The molecule has 1 aliphatic rings. The zero-order valence-electron chi connectivity index (χ0n) is 16.9. The van der Waals surface area contributed by atoms with Gasteiger partial charge in [-0.05, 0) is 56.6 Å². The molecule has 2 aromatic rings. The van der Waals surface area contributed by atoms with Gasteiger partial charge in [-0.25, -0.2) is 0 Å². The van der Waals surface area contributed by atoms with E-state index in [-0.39, 0.29) is 6.04 Å². The number of aliphatic imine (C=N–C) groups is 1. The van der Waals surface area contributed by atoms with Crippen molar-refractivity contribution in [2.24, 2.45) is 4.99 Å². The van der Waals surface area contributed by atoms with Gasteiger partial charge in [0.25, 0.3) is 0 Å². The summed E-state index contributed by atoms with van der Waals surface area (Å²) in [5.74, 6) is 1.87. The molecule has 1 unspecified atom stereocenters. The second kappa shape index (κ2) is 11.4. The molecule has 1 aliphatic heterocycles. The largest absolute Gasteiger partial charge is 0.468 e. The fourth-order valence-corrected chi connectivity index (χ4v) is 3.62. The van der Waals surface area contributed by atoms with Gasteiger partial charge < -0.3 is 20.4 Å². The molecule has 152 valence electrons. The van der Waals surface area contributed by atoms with Crippen LogP contribution in [0.1, 0.15) is 37.5 Å². The molecule has 0 radical (unpaired) electrons. The van der Waals surface area contributed by atoms with Crippen molar-refractivity contribution >= 4 is 11.6 Å². The predicted molar refractivity (Wildman–Crippen MR) is 116 cm³/mol. The molecule has 3 rings (SSSR count). The molecule has 1 atom stereocenters. The molecule has 0 spiro atoms. The summed E-state index contributed by atoms with van der Waals surface area (Å²) < 4.78 is 5.72. The third-order valence-electron chi connectivity index (χ3n) is 5.14. The van der Waals surface area contributed by atoms with E-state index in [0.29, 0.717) is 0 Å². The average Bonchev–Trinajstić information content (AvgIpc) is 3.28. The predicted octanol–water partition coefficient (Wildman–Crippen LogP) is 3.47. The Morgan fingerprint density at radius 3 is 2.57 bits per heavy atom. The van der Waals surface area contributed by atoms with Crippen molar-refractivity contribution in [2.75, 3.05) is 45.1 Å². The first kappa shape index (κ1) is 20.3. The van der Waals surface area contributed by atoms with Crippen LogP contribution in [0.2, 0.25) is 0 Å². The van der Waals surface area contributed by atoms with Crippen LogP contribution in [0.3, 0.4) is 0 Å². The van der Waals surface area contributed by atoms with Gasteiger partial charge in [0.05, 0.1) is 12.3 Å². The molecule has 1 aromatic heterocycles. The highest BCUT2D eigenvalue weighted by atomic mass is 16.3. The van der Waals surface area contributed by atoms with E-state index in [9.17, 15) is 0 Å². The van der Waals surface area contributed by atoms with Gasteiger partial charge in [0.1, 0.15) is 5.76 Å². The molecular formula is C22H33N5O. The first-order valence-electron chi connectivity index (χ1n) is 10.4. The number of piperidine rings is 1. The number of benzene rings is 1. The summed E-state index contributed by atoms with van der Waals surface area (Å²) in [5.41, 5.74) is 1.16. The Morgan fingerprint density at radius 1 is 1.04 bits per heavy atom. The molecular weight excluding hydrogens is 350 g/mol. The third kappa shape index (κ3) is 6.30. The van der Waals surface area contributed by atoms with Crippen LogP contribution in [-0.2, 0) is 0 Å². The number of anilines is 1. The first-order chi connectivity index (χ1) is 13.9. The number of hydrogen-bond acceptors (Lipinski definition) is 4. The number of nitrogens with one attached hydrogen (secondary N) is 3. The summed E-state index contributed by atoms with van der Waals surface area (Å²) in [6, 6.07) is 14.6. The number of hydrogen-bond donors (Lipinski definition) is 3. The van der Waals surface area contributed by atoms with Gasteiger partial charge in [0.2, 0.25) is 0 Å². The van der Waals surface area contributed by atoms with E-state index in [1.165, 1.54) is 19.3 Å². The number of guanidine groups is 1. The number of furan rings is 1. The minimum atomic E-state index is 0.244. The highest BCUT2D eigenvalue weighted by molar-refractivity contribution is 5.79. The van der Waals surface area contributed by atoms with E-state index < -0.39 is 0 Å². The number of nitrogens with zero attached hydrogens (tertiary/aromatic N) is 2. The van der Waals surface area contributed by atoms with Crippen molar-refractivity contribution < 1.29 is 4.42 Å². The molecule has 0 amide bonds. The van der Waals surface area contributed by atoms with E-state index in [1.807, 2.05) is 31.3 Å². The fraction of sp³-hybridized carbons (Fsp3) is 0.500. The van der Waals surface area contributed by atoms with Gasteiger partial charge in [-0.15, -0.1) is 0 Å². The summed E-state index contributed by atoms with van der Waals surface area (Å²) in [6.45, 7) is 4.84. The van der Waals surface area contributed by atoms with E-state index in [4.69, 9.17) is 4.42 Å². The Hall–Kier alpha value is -2.47. The Balaban J connectivity index is 1.41. The molecule has 1 aromatic carbocycles. The normalized spacial score (nSPS) is 16.5. The number of para-hydroxylation sites is 1. The van der Waals surface area contributed by atoms with Crippen molar-refractivity contribution in [3.8, 4) is 0 Å². The Kier molecular flexibility index (Phi) is 8.25. The summed E-state index contributed by atoms with van der Waals surface area (Å²) in [7, 11) is 1.82. The third-order valence-corrected chi connectivity index (χ3v) is 5.14. The SMILES string of the molecule is CN=C(NCCCNc1ccccc1)NCC(c1ccco1)N1CCCCC1. The summed E-state index contributed by atoms with van der Waals surface area (Å²) in [4.78, 5) is 6.89. The lowest BCUT2D eigenvalue weighted by Crippen LogP contribution is -2.44. The zero-order valence-corrected chi connectivity index (χ0v) is 16.9. The van der Waals surface area contributed by atoms with Crippen molar-refractivity contribution in [2.45, 2.75) is 31.7 Å². The van der Waals surface area contributed by atoms with Gasteiger partial charge in [0.15, 0.2) is 5.96 Å². The molecule has 0 aliphatic carbocycles. The van der Waals surface area contributed by atoms with Crippen LogP contribution >= 0.6 is 0 Å². The summed E-state index contributed by atoms with van der Waals surface area (Å²) in [5, 5.41) is 10.3. The van der Waals surface area contributed by atoms with E-state index >= 15 is 0 Å². The molecule has 0 saturated carbocycles. The minimum absolute atomic E-state index is 0.244. The van der Waals surface area contributed by atoms with Crippen LogP contribution in [0, 0.1) is 0 Å². The van der Waals surface area contributed by atoms with Crippen LogP contribution in [-0.4, -0.2) is 50.6 Å². The zero-order chi connectivity index (χ0) is 19.4. The highest BCUT2D eigenvalue weighted by Gasteiger charge is 2.24. The fourth-order valence-electron chi connectivity index (χ4n) is 3.62. The van der Waals surface area contributed by atoms with E-state index in [1.54, 1.807) is 6.26 Å². The van der Waals surface area contributed by atoms with Crippen LogP contribution in [0.25, 0.3) is 0 Å². The summed E-state index contributed by atoms with van der Waals surface area (Å²) >= 11 is 0. The molecule has 6 nitrogen and oxygen atoms in total. The quantitative estimate of drug-likeness (QED) is 0.352. The smallest absolute Gasteiger partial charge is 0.191 e. The molecule has 3 N–H and O–H groups in total. The maximum atomic E-state index is 5.72. The lowest BCUT2D eigenvalue weighted by molar-refractivity contribution is 0.146. The van der Waals surface area contributed by atoms with Gasteiger partial charge in [-0.3, -0.25) is 9.89 Å². The van der Waals surface area contributed by atoms with Crippen molar-refractivity contribution in [3.05, 3.63) is 54.5 Å². The standard InChI is InChI=1S/C22H33N5O/c1-23-22(25-14-9-13-24-19-10-4-2-5-11-19)26-18-20(21-12-8-17-28-21)27-15-6-3-7-16-27/h2,4-5,8,10-12,17,20,24H,3,6-7,9,13-16,18H2,1H3,(H2,23,25,26). The van der Waals surface area contributed by atoms with Crippen molar-refractivity contribution in [3.63, 3.8) is 0 Å². The minimum Gasteiger partial charge on any atom is -0.468 e. The molecule has 6 heteroatoms. The molecule has 28 heavy (non-hydrogen) atoms. The van der Waals surface area contributed by atoms with Gasteiger partial charge in [-0.1, -0.05) is 24.6 Å². The topological polar surface area (TPSA) is 64.8 Å². The van der Waals surface area contributed by atoms with Crippen LogP contribution in [0.5, 0.6) is 0 Å². The van der Waals surface area contributed by atoms with Crippen LogP contribution < -0.4 is 16.0 Å². The number of likely N-dealkylation sites (tertiary alicyclic amines) is 1. The maximum absolute atomic E-state index is 5.72. The van der Waals surface area contributed by atoms with Crippen molar-refractivity contribution in [1.29, 1.82) is 0 Å². The molecule has 1 fully saturated rings. The van der Waals surface area contributed by atoms with Crippen LogP contribution in [0.15, 0.2) is 58.1 Å². The second-order valence-corrected chi connectivity index (χ2v) is 7.15. The van der Waals surface area contributed by atoms with Gasteiger partial charge in [-0.2, -0.15) is 0 Å². The van der Waals surface area contributed by atoms with Crippen molar-refractivity contribution in [1.82, 2.24) is 15.5 Å². The molecule has 1 saturated heterocycles. The Morgan fingerprint density at radius 2 is 1.86 bits per heavy atom. The average molecular weight is 384 g/mol. The molecule has 0 bridgehead atoms. The van der Waals surface area contributed by atoms with E-state index in [2.05, 4.69) is 44.0 Å². The monoisotopic (exact) mass is 383 g/mol. The Bertz CT molecular complexity index is 680. The number of rotatable bonds is 9. The molecule has 2 heterocycles. The lowest BCUT2D eigenvalue weighted by atomic mass is 10.1. The first-order valence-corrected chi connectivity index (χ1v) is 10.4. The lowest BCUT2D eigenvalue weighted by Gasteiger charge is -2.33. The Labute approximate surface area is 168 Å². The van der Waals surface area contributed by atoms with Crippen LogP contribution in [0.4, 0.5) is 5.69 Å². The second-order valence-electron chi connectivity index (χ2n) is 7.15. The van der Waals surface area contributed by atoms with Gasteiger partial charge >= 0.3 is 0 Å². The highest BCUT2D eigenvalue weighted by Crippen LogP contribution is 2.24. The summed E-state index contributed by atoms with van der Waals surface area (Å²) in [6.07, 6.45) is 6.63. The maximum Gasteiger partial charge on any atom is 0.191 e.